The highest BCUT2D eigenvalue weighted by Crippen LogP contribution is 2.35. The van der Waals surface area contributed by atoms with E-state index in [1.165, 1.54) is 7.05 Å². The summed E-state index contributed by atoms with van der Waals surface area (Å²) in [6.07, 6.45) is -3.71. The summed E-state index contributed by atoms with van der Waals surface area (Å²) in [5.41, 5.74) is -0.736. The van der Waals surface area contributed by atoms with E-state index in [4.69, 9.17) is 0 Å². The minimum atomic E-state index is -4.40. The number of hydrogen-bond donors (Lipinski definition) is 1. The Bertz CT molecular complexity index is 598. The van der Waals surface area contributed by atoms with Gasteiger partial charge in [-0.1, -0.05) is 6.92 Å². The van der Waals surface area contributed by atoms with Crippen LogP contribution in [0.25, 0.3) is 0 Å². The van der Waals surface area contributed by atoms with E-state index in [0.717, 1.165) is 35.4 Å². The maximum atomic E-state index is 12.8. The van der Waals surface area contributed by atoms with E-state index in [1.54, 1.807) is 0 Å². The van der Waals surface area contributed by atoms with Gasteiger partial charge in [-0.3, -0.25) is 0 Å². The fraction of sp³-hybridized carbons (Fsp3) is 0.364. The molecule has 2 aromatic rings. The van der Waals surface area contributed by atoms with E-state index >= 15 is 0 Å². The normalized spacial score (nSPS) is 11.7. The molecule has 0 aliphatic carbocycles. The van der Waals surface area contributed by atoms with E-state index in [9.17, 15) is 13.2 Å². The minimum Gasteiger partial charge on any atom is -0.373 e. The molecule has 108 valence electrons. The summed E-state index contributed by atoms with van der Waals surface area (Å²) < 4.78 is 43.0. The third-order valence-corrected chi connectivity index (χ3v) is 4.05. The predicted molar refractivity (Wildman–Crippen MR) is 72.2 cm³/mol. The van der Waals surface area contributed by atoms with E-state index in [2.05, 4.69) is 19.7 Å². The van der Waals surface area contributed by atoms with Gasteiger partial charge in [0.05, 0.1) is 5.56 Å². The Labute approximate surface area is 122 Å². The van der Waals surface area contributed by atoms with Gasteiger partial charge in [0.2, 0.25) is 0 Å². The predicted octanol–water partition coefficient (Wildman–Crippen LogP) is 3.71. The third kappa shape index (κ3) is 3.60. The van der Waals surface area contributed by atoms with Crippen LogP contribution in [-0.4, -0.2) is 21.4 Å². The van der Waals surface area contributed by atoms with Crippen molar-refractivity contribution in [2.24, 2.45) is 0 Å². The zero-order valence-corrected chi connectivity index (χ0v) is 12.3. The lowest BCUT2D eigenvalue weighted by Gasteiger charge is -2.10. The van der Waals surface area contributed by atoms with E-state index in [0.29, 0.717) is 16.6 Å². The van der Waals surface area contributed by atoms with Gasteiger partial charge in [0.15, 0.2) is 4.34 Å². The van der Waals surface area contributed by atoms with Crippen LogP contribution in [-0.2, 0) is 12.6 Å². The molecule has 0 radical (unpaired) electrons. The SMILES string of the molecule is CCc1nsc(Sc2cc(C(F)(F)F)cc(NC)n2)n1. The van der Waals surface area contributed by atoms with Crippen molar-refractivity contribution in [3.8, 4) is 0 Å². The summed E-state index contributed by atoms with van der Waals surface area (Å²) in [6, 6.07) is 1.99. The average molecular weight is 320 g/mol. The van der Waals surface area contributed by atoms with E-state index in [-0.39, 0.29) is 10.8 Å². The second-order valence-corrected chi connectivity index (χ2v) is 5.78. The zero-order valence-electron chi connectivity index (χ0n) is 10.7. The molecule has 0 bridgehead atoms. The molecule has 9 heteroatoms. The number of anilines is 1. The highest BCUT2D eigenvalue weighted by molar-refractivity contribution is 8.00. The molecule has 0 saturated heterocycles. The van der Waals surface area contributed by atoms with Gasteiger partial charge in [-0.15, -0.1) is 0 Å². The number of hydrogen-bond acceptors (Lipinski definition) is 6. The molecule has 2 rings (SSSR count). The first-order valence-electron chi connectivity index (χ1n) is 5.70. The maximum Gasteiger partial charge on any atom is 0.416 e. The van der Waals surface area contributed by atoms with Crippen molar-refractivity contribution in [1.29, 1.82) is 0 Å². The molecule has 2 aromatic heterocycles. The number of nitrogens with zero attached hydrogens (tertiary/aromatic N) is 3. The number of halogens is 3. The molecule has 0 spiro atoms. The number of rotatable bonds is 4. The number of aromatic nitrogens is 3. The Balaban J connectivity index is 2.31. The van der Waals surface area contributed by atoms with Crippen molar-refractivity contribution < 1.29 is 13.2 Å². The first-order chi connectivity index (χ1) is 9.42. The second kappa shape index (κ2) is 5.96. The summed E-state index contributed by atoms with van der Waals surface area (Å²) in [6.45, 7) is 1.91. The molecule has 0 saturated carbocycles. The van der Waals surface area contributed by atoms with Gasteiger partial charge in [0.1, 0.15) is 16.7 Å². The van der Waals surface area contributed by atoms with Crippen molar-refractivity contribution in [2.75, 3.05) is 12.4 Å². The lowest BCUT2D eigenvalue weighted by molar-refractivity contribution is -0.137. The summed E-state index contributed by atoms with van der Waals surface area (Å²) in [4.78, 5) is 8.29. The molecule has 0 aliphatic heterocycles. The largest absolute Gasteiger partial charge is 0.416 e. The molecule has 20 heavy (non-hydrogen) atoms. The Morgan fingerprint density at radius 1 is 1.30 bits per heavy atom. The average Bonchev–Trinajstić information content (AvgIpc) is 2.85. The number of pyridine rings is 1. The standard InChI is InChI=1S/C11H11F3N4S2/c1-3-7-17-10(20-18-7)19-9-5-6(11(12,13)14)4-8(15-2)16-9/h4-5H,3H2,1-2H3,(H,15,16). The summed E-state index contributed by atoms with van der Waals surface area (Å²) in [5.74, 6) is 0.848. The van der Waals surface area contributed by atoms with Crippen LogP contribution in [0.4, 0.5) is 19.0 Å². The molecule has 1 N–H and O–H groups in total. The Morgan fingerprint density at radius 3 is 2.60 bits per heavy atom. The molecule has 0 unspecified atom stereocenters. The van der Waals surface area contributed by atoms with Crippen molar-refractivity contribution >= 4 is 29.1 Å². The van der Waals surface area contributed by atoms with Crippen LogP contribution in [0.2, 0.25) is 0 Å². The van der Waals surface area contributed by atoms with Crippen LogP contribution in [0, 0.1) is 0 Å². The summed E-state index contributed by atoms with van der Waals surface area (Å²) in [5, 5.41) is 2.86. The first-order valence-corrected chi connectivity index (χ1v) is 7.29. The van der Waals surface area contributed by atoms with Gasteiger partial charge < -0.3 is 5.32 Å². The second-order valence-electron chi connectivity index (χ2n) is 3.76. The van der Waals surface area contributed by atoms with Crippen LogP contribution >= 0.6 is 23.3 Å². The first kappa shape index (κ1) is 15.0. The van der Waals surface area contributed by atoms with Gasteiger partial charge in [-0.05, 0) is 35.4 Å². The van der Waals surface area contributed by atoms with Crippen molar-refractivity contribution in [2.45, 2.75) is 28.9 Å². The molecular formula is C11H11F3N4S2. The molecule has 2 heterocycles. The molecule has 0 amide bonds. The highest BCUT2D eigenvalue weighted by atomic mass is 32.2. The fourth-order valence-corrected chi connectivity index (χ4v) is 3.04. The molecule has 0 atom stereocenters. The fourth-order valence-electron chi connectivity index (χ4n) is 1.36. The summed E-state index contributed by atoms with van der Waals surface area (Å²) in [7, 11) is 1.52. The lowest BCUT2D eigenvalue weighted by Crippen LogP contribution is -2.07. The topological polar surface area (TPSA) is 50.7 Å². The maximum absolute atomic E-state index is 12.8. The Morgan fingerprint density at radius 2 is 2.05 bits per heavy atom. The Hall–Kier alpha value is -1.35. The molecule has 0 aromatic carbocycles. The quantitative estimate of drug-likeness (QED) is 0.931. The van der Waals surface area contributed by atoms with Gasteiger partial charge in [0.25, 0.3) is 0 Å². The van der Waals surface area contributed by atoms with Crippen LogP contribution in [0.1, 0.15) is 18.3 Å². The van der Waals surface area contributed by atoms with Gasteiger partial charge in [0, 0.05) is 13.5 Å². The number of aryl methyl sites for hydroxylation is 1. The Kier molecular flexibility index (Phi) is 4.48. The van der Waals surface area contributed by atoms with Crippen LogP contribution in [0.5, 0.6) is 0 Å². The van der Waals surface area contributed by atoms with Crippen LogP contribution in [0.3, 0.4) is 0 Å². The third-order valence-electron chi connectivity index (χ3n) is 2.34. The monoisotopic (exact) mass is 320 g/mol. The summed E-state index contributed by atoms with van der Waals surface area (Å²) >= 11 is 2.23. The van der Waals surface area contributed by atoms with Gasteiger partial charge in [-0.2, -0.15) is 17.5 Å². The van der Waals surface area contributed by atoms with E-state index < -0.39 is 11.7 Å². The van der Waals surface area contributed by atoms with Crippen LogP contribution < -0.4 is 5.32 Å². The highest BCUT2D eigenvalue weighted by Gasteiger charge is 2.31. The number of alkyl halides is 3. The lowest BCUT2D eigenvalue weighted by atomic mass is 10.2. The smallest absolute Gasteiger partial charge is 0.373 e. The van der Waals surface area contributed by atoms with E-state index in [1.807, 2.05) is 6.92 Å². The van der Waals surface area contributed by atoms with Crippen LogP contribution in [0.15, 0.2) is 21.5 Å². The van der Waals surface area contributed by atoms with Crippen molar-refractivity contribution in [3.05, 3.63) is 23.5 Å². The van der Waals surface area contributed by atoms with Gasteiger partial charge >= 0.3 is 6.18 Å². The number of nitrogens with one attached hydrogen (secondary N) is 1. The van der Waals surface area contributed by atoms with Crippen molar-refractivity contribution in [1.82, 2.24) is 14.3 Å². The molecular weight excluding hydrogens is 309 g/mol. The molecule has 0 aliphatic rings. The van der Waals surface area contributed by atoms with Gasteiger partial charge in [-0.25, -0.2) is 9.97 Å². The zero-order chi connectivity index (χ0) is 14.8. The van der Waals surface area contributed by atoms with Crippen molar-refractivity contribution in [3.63, 3.8) is 0 Å². The molecule has 0 fully saturated rings. The molecule has 4 nitrogen and oxygen atoms in total. The minimum absolute atomic E-state index is 0.169.